The maximum atomic E-state index is 5.25. The zero-order chi connectivity index (χ0) is 30.5. The van der Waals surface area contributed by atoms with Crippen LogP contribution in [0, 0.1) is 0 Å². The van der Waals surface area contributed by atoms with E-state index in [2.05, 4.69) is 185 Å². The van der Waals surface area contributed by atoms with Crippen molar-refractivity contribution in [2.75, 3.05) is 0 Å². The summed E-state index contributed by atoms with van der Waals surface area (Å²) in [6, 6.07) is 62.5. The molecule has 0 aliphatic heterocycles. The van der Waals surface area contributed by atoms with Gasteiger partial charge in [-0.15, -0.1) is 0 Å². The highest BCUT2D eigenvalue weighted by Gasteiger charge is 2.21. The summed E-state index contributed by atoms with van der Waals surface area (Å²) in [6.45, 7) is 0. The van der Waals surface area contributed by atoms with E-state index < -0.39 is 0 Å². The van der Waals surface area contributed by atoms with Gasteiger partial charge in [0, 0.05) is 27.7 Å². The molecule has 9 aromatic rings. The van der Waals surface area contributed by atoms with Crippen LogP contribution >= 0.6 is 0 Å². The molecule has 9 rings (SSSR count). The molecule has 0 radical (unpaired) electrons. The average molecular weight is 588 g/mol. The summed E-state index contributed by atoms with van der Waals surface area (Å²) >= 11 is 0. The summed E-state index contributed by atoms with van der Waals surface area (Å²) in [7, 11) is 0. The predicted molar refractivity (Wildman–Crippen MR) is 192 cm³/mol. The third-order valence-electron chi connectivity index (χ3n) is 8.94. The number of benzene rings is 7. The SMILES string of the molecule is c1ccc(-c2ccc3c(c2)c2c(-c4ccccc4-c4nc5ccccc5n4-c4ccccc4)cccc2n3-c2ccccc2)cc1. The first kappa shape index (κ1) is 26.2. The fourth-order valence-electron chi connectivity index (χ4n) is 6.92. The lowest BCUT2D eigenvalue weighted by molar-refractivity contribution is 1.10. The topological polar surface area (TPSA) is 22.8 Å². The number of rotatable bonds is 5. The van der Waals surface area contributed by atoms with E-state index >= 15 is 0 Å². The van der Waals surface area contributed by atoms with Gasteiger partial charge in [0.2, 0.25) is 0 Å². The van der Waals surface area contributed by atoms with Crippen LogP contribution in [0.3, 0.4) is 0 Å². The van der Waals surface area contributed by atoms with Crippen molar-refractivity contribution in [1.82, 2.24) is 14.1 Å². The van der Waals surface area contributed by atoms with Gasteiger partial charge in [-0.05, 0) is 76.9 Å². The Morgan fingerprint density at radius 1 is 0.370 bits per heavy atom. The Labute approximate surface area is 267 Å². The summed E-state index contributed by atoms with van der Waals surface area (Å²) in [5.41, 5.74) is 12.5. The van der Waals surface area contributed by atoms with E-state index in [1.165, 1.54) is 38.5 Å². The van der Waals surface area contributed by atoms with Crippen LogP contribution in [0.2, 0.25) is 0 Å². The maximum absolute atomic E-state index is 5.25. The highest BCUT2D eigenvalue weighted by Crippen LogP contribution is 2.43. The smallest absolute Gasteiger partial charge is 0.146 e. The molecule has 0 saturated heterocycles. The Morgan fingerprint density at radius 3 is 1.72 bits per heavy atom. The Bertz CT molecular complexity index is 2510. The molecule has 3 heteroatoms. The first-order valence-corrected chi connectivity index (χ1v) is 15.7. The summed E-state index contributed by atoms with van der Waals surface area (Å²) < 4.78 is 4.68. The van der Waals surface area contributed by atoms with Gasteiger partial charge in [0.15, 0.2) is 0 Å². The van der Waals surface area contributed by atoms with Crippen molar-refractivity contribution >= 4 is 32.8 Å². The number of para-hydroxylation sites is 4. The second kappa shape index (κ2) is 10.8. The van der Waals surface area contributed by atoms with E-state index in [0.717, 1.165) is 39.4 Å². The molecular formula is C43H29N3. The Balaban J connectivity index is 1.37. The van der Waals surface area contributed by atoms with Crippen molar-refractivity contribution in [3.8, 4) is 45.0 Å². The normalized spacial score (nSPS) is 11.5. The molecule has 0 aliphatic carbocycles. The summed E-state index contributed by atoms with van der Waals surface area (Å²) in [5.74, 6) is 0.928. The Kier molecular flexibility index (Phi) is 6.14. The minimum atomic E-state index is 0.928. The zero-order valence-electron chi connectivity index (χ0n) is 25.1. The molecule has 0 amide bonds. The zero-order valence-corrected chi connectivity index (χ0v) is 25.1. The molecule has 3 nitrogen and oxygen atoms in total. The molecular weight excluding hydrogens is 558 g/mol. The molecule has 216 valence electrons. The number of imidazole rings is 1. The van der Waals surface area contributed by atoms with E-state index in [-0.39, 0.29) is 0 Å². The van der Waals surface area contributed by atoms with Gasteiger partial charge in [-0.2, -0.15) is 0 Å². The number of aromatic nitrogens is 3. The van der Waals surface area contributed by atoms with E-state index in [9.17, 15) is 0 Å². The van der Waals surface area contributed by atoms with E-state index in [1.807, 2.05) is 0 Å². The van der Waals surface area contributed by atoms with Gasteiger partial charge in [0.1, 0.15) is 5.82 Å². The van der Waals surface area contributed by atoms with Crippen LogP contribution in [-0.2, 0) is 0 Å². The molecule has 0 fully saturated rings. The first-order valence-electron chi connectivity index (χ1n) is 15.7. The standard InChI is InChI=1S/C43H29N3/c1-4-15-30(16-5-1)31-27-28-39-37(29-31)42-35(23-14-26-41(42)45(39)32-17-6-2-7-18-32)34-21-10-11-22-36(34)43-44-38-24-12-13-25-40(38)46(43)33-19-8-3-9-20-33/h1-29H. The predicted octanol–water partition coefficient (Wildman–Crippen LogP) is 11.1. The van der Waals surface area contributed by atoms with Crippen LogP contribution in [0.15, 0.2) is 176 Å². The molecule has 0 bridgehead atoms. The van der Waals surface area contributed by atoms with Crippen molar-refractivity contribution in [3.63, 3.8) is 0 Å². The number of fused-ring (bicyclic) bond motifs is 4. The highest BCUT2D eigenvalue weighted by molar-refractivity contribution is 6.17. The Morgan fingerprint density at radius 2 is 0.957 bits per heavy atom. The van der Waals surface area contributed by atoms with Crippen molar-refractivity contribution < 1.29 is 0 Å². The number of hydrogen-bond donors (Lipinski definition) is 0. The summed E-state index contributed by atoms with van der Waals surface area (Å²) in [4.78, 5) is 5.25. The average Bonchev–Trinajstić information content (AvgIpc) is 3.69. The Hall–Kier alpha value is -6.19. The quantitative estimate of drug-likeness (QED) is 0.196. The second-order valence-corrected chi connectivity index (χ2v) is 11.6. The lowest BCUT2D eigenvalue weighted by atomic mass is 9.94. The van der Waals surface area contributed by atoms with Crippen LogP contribution in [0.1, 0.15) is 0 Å². The molecule has 46 heavy (non-hydrogen) atoms. The monoisotopic (exact) mass is 587 g/mol. The van der Waals surface area contributed by atoms with E-state index in [4.69, 9.17) is 4.98 Å². The largest absolute Gasteiger partial charge is 0.309 e. The van der Waals surface area contributed by atoms with Crippen molar-refractivity contribution in [1.29, 1.82) is 0 Å². The van der Waals surface area contributed by atoms with Gasteiger partial charge >= 0.3 is 0 Å². The minimum Gasteiger partial charge on any atom is -0.309 e. The van der Waals surface area contributed by atoms with Crippen LogP contribution in [-0.4, -0.2) is 14.1 Å². The minimum absolute atomic E-state index is 0.928. The van der Waals surface area contributed by atoms with E-state index in [0.29, 0.717) is 0 Å². The lowest BCUT2D eigenvalue weighted by Gasteiger charge is -2.14. The van der Waals surface area contributed by atoms with Crippen LogP contribution < -0.4 is 0 Å². The van der Waals surface area contributed by atoms with Crippen LogP contribution in [0.4, 0.5) is 0 Å². The molecule has 0 atom stereocenters. The molecule has 0 unspecified atom stereocenters. The highest BCUT2D eigenvalue weighted by atomic mass is 15.1. The van der Waals surface area contributed by atoms with Gasteiger partial charge in [0.25, 0.3) is 0 Å². The van der Waals surface area contributed by atoms with Crippen LogP contribution in [0.5, 0.6) is 0 Å². The van der Waals surface area contributed by atoms with Crippen molar-refractivity contribution in [2.24, 2.45) is 0 Å². The third kappa shape index (κ3) is 4.17. The molecule has 2 aromatic heterocycles. The molecule has 7 aromatic carbocycles. The summed E-state index contributed by atoms with van der Waals surface area (Å²) in [5, 5.41) is 2.45. The van der Waals surface area contributed by atoms with Gasteiger partial charge in [-0.25, -0.2) is 4.98 Å². The fraction of sp³-hybridized carbons (Fsp3) is 0. The second-order valence-electron chi connectivity index (χ2n) is 11.6. The molecule has 2 heterocycles. The van der Waals surface area contributed by atoms with Crippen molar-refractivity contribution in [3.05, 3.63) is 176 Å². The molecule has 0 spiro atoms. The van der Waals surface area contributed by atoms with Gasteiger partial charge in [-0.1, -0.05) is 121 Å². The molecule has 0 saturated carbocycles. The summed E-state index contributed by atoms with van der Waals surface area (Å²) in [6.07, 6.45) is 0. The van der Waals surface area contributed by atoms with Crippen LogP contribution in [0.25, 0.3) is 77.9 Å². The number of hydrogen-bond acceptors (Lipinski definition) is 1. The molecule has 0 aliphatic rings. The number of nitrogens with zero attached hydrogens (tertiary/aromatic N) is 3. The van der Waals surface area contributed by atoms with E-state index in [1.54, 1.807) is 0 Å². The first-order chi connectivity index (χ1) is 22.8. The van der Waals surface area contributed by atoms with Gasteiger partial charge in [-0.3, -0.25) is 4.57 Å². The maximum Gasteiger partial charge on any atom is 0.146 e. The fourth-order valence-corrected chi connectivity index (χ4v) is 6.92. The van der Waals surface area contributed by atoms with Gasteiger partial charge < -0.3 is 4.57 Å². The van der Waals surface area contributed by atoms with Gasteiger partial charge in [0.05, 0.1) is 22.1 Å². The lowest BCUT2D eigenvalue weighted by Crippen LogP contribution is -1.98. The van der Waals surface area contributed by atoms with Crippen molar-refractivity contribution in [2.45, 2.75) is 0 Å². The third-order valence-corrected chi connectivity index (χ3v) is 8.94. The molecule has 0 N–H and O–H groups in total.